The number of rotatable bonds is 3. The zero-order valence-electron chi connectivity index (χ0n) is 13.1. The maximum Gasteiger partial charge on any atom is 0.160 e. The molecule has 21 heavy (non-hydrogen) atoms. The summed E-state index contributed by atoms with van der Waals surface area (Å²) in [7, 11) is 1.72. The van der Waals surface area contributed by atoms with E-state index in [4.69, 9.17) is 10.5 Å². The Bertz CT molecular complexity index is 485. The van der Waals surface area contributed by atoms with Crippen molar-refractivity contribution in [3.8, 4) is 5.75 Å². The molecule has 1 unspecified atom stereocenters. The minimum absolute atomic E-state index is 0.404. The van der Waals surface area contributed by atoms with E-state index >= 15 is 0 Å². The Morgan fingerprint density at radius 2 is 2.00 bits per heavy atom. The van der Waals surface area contributed by atoms with Crippen LogP contribution in [-0.4, -0.2) is 55.3 Å². The Kier molecular flexibility index (Phi) is 4.31. The molecule has 2 aliphatic heterocycles. The van der Waals surface area contributed by atoms with Gasteiger partial charge in [0, 0.05) is 30.9 Å². The lowest BCUT2D eigenvalue weighted by atomic mass is 10.0. The number of likely N-dealkylation sites (tertiary alicyclic amines) is 1. The molecule has 0 aromatic carbocycles. The van der Waals surface area contributed by atoms with Gasteiger partial charge < -0.3 is 15.4 Å². The number of piperidine rings is 1. The summed E-state index contributed by atoms with van der Waals surface area (Å²) >= 11 is 0. The zero-order valence-corrected chi connectivity index (χ0v) is 13.1. The number of methoxy groups -OCH3 is 1. The average Bonchev–Trinajstić information content (AvgIpc) is 2.97. The summed E-state index contributed by atoms with van der Waals surface area (Å²) < 4.78 is 5.47. The molecule has 1 aromatic heterocycles. The molecule has 2 N–H and O–H groups in total. The third-order valence-electron chi connectivity index (χ3n) is 4.80. The van der Waals surface area contributed by atoms with Crippen molar-refractivity contribution >= 4 is 5.69 Å². The number of ether oxygens (including phenoxy) is 1. The van der Waals surface area contributed by atoms with Crippen LogP contribution < -0.4 is 15.4 Å². The van der Waals surface area contributed by atoms with Crippen LogP contribution in [0.5, 0.6) is 5.75 Å². The second-order valence-electron chi connectivity index (χ2n) is 6.26. The van der Waals surface area contributed by atoms with E-state index in [0.29, 0.717) is 12.1 Å². The summed E-state index contributed by atoms with van der Waals surface area (Å²) in [6, 6.07) is 3.19. The van der Waals surface area contributed by atoms with E-state index in [2.05, 4.69) is 20.9 Å². The first-order chi connectivity index (χ1) is 10.2. The molecular formula is C16H26N4O. The normalized spacial score (nSPS) is 24.5. The van der Waals surface area contributed by atoms with Crippen LogP contribution in [0.3, 0.4) is 0 Å². The summed E-state index contributed by atoms with van der Waals surface area (Å²) in [6.07, 6.45) is 5.32. The number of nitrogens with two attached hydrogens (primary N) is 1. The molecule has 116 valence electrons. The molecule has 1 aromatic rings. The minimum Gasteiger partial charge on any atom is -0.493 e. The van der Waals surface area contributed by atoms with E-state index < -0.39 is 0 Å². The molecule has 0 amide bonds. The van der Waals surface area contributed by atoms with Gasteiger partial charge in [0.25, 0.3) is 0 Å². The van der Waals surface area contributed by atoms with Crippen molar-refractivity contribution in [1.82, 2.24) is 9.88 Å². The lowest BCUT2D eigenvalue weighted by Gasteiger charge is -2.34. The highest BCUT2D eigenvalue weighted by Gasteiger charge is 2.31. The number of hydrogen-bond acceptors (Lipinski definition) is 5. The quantitative estimate of drug-likeness (QED) is 0.912. The Labute approximate surface area is 127 Å². The van der Waals surface area contributed by atoms with Crippen molar-refractivity contribution in [2.75, 3.05) is 38.2 Å². The number of aromatic nitrogens is 1. The van der Waals surface area contributed by atoms with Crippen molar-refractivity contribution in [2.24, 2.45) is 5.73 Å². The number of hydrogen-bond donors (Lipinski definition) is 1. The highest BCUT2D eigenvalue weighted by atomic mass is 16.5. The molecule has 1 atom stereocenters. The van der Waals surface area contributed by atoms with Crippen LogP contribution in [0.4, 0.5) is 5.69 Å². The fraction of sp³-hybridized carbons (Fsp3) is 0.688. The average molecular weight is 290 g/mol. The molecule has 2 saturated heterocycles. The first kappa shape index (κ1) is 14.6. The van der Waals surface area contributed by atoms with E-state index in [1.54, 1.807) is 7.11 Å². The highest BCUT2D eigenvalue weighted by Crippen LogP contribution is 2.32. The van der Waals surface area contributed by atoms with Crippen molar-refractivity contribution in [1.29, 1.82) is 0 Å². The SMILES string of the molecule is COc1cnc(C)cc1N1CCC(N2CCC(N)CC2)C1. The molecule has 0 radical (unpaired) electrons. The summed E-state index contributed by atoms with van der Waals surface area (Å²) in [6.45, 7) is 6.49. The van der Waals surface area contributed by atoms with Gasteiger partial charge in [-0.25, -0.2) is 0 Å². The van der Waals surface area contributed by atoms with Crippen molar-refractivity contribution in [3.05, 3.63) is 18.0 Å². The van der Waals surface area contributed by atoms with Gasteiger partial charge in [-0.15, -0.1) is 0 Å². The van der Waals surface area contributed by atoms with Crippen LogP contribution in [0.25, 0.3) is 0 Å². The molecule has 0 spiro atoms. The van der Waals surface area contributed by atoms with Gasteiger partial charge >= 0.3 is 0 Å². The molecule has 0 bridgehead atoms. The molecule has 3 heterocycles. The van der Waals surface area contributed by atoms with Gasteiger partial charge in [-0.3, -0.25) is 9.88 Å². The van der Waals surface area contributed by atoms with Crippen molar-refractivity contribution < 1.29 is 4.74 Å². The van der Waals surface area contributed by atoms with Crippen LogP contribution in [-0.2, 0) is 0 Å². The van der Waals surface area contributed by atoms with Gasteiger partial charge in [-0.05, 0) is 45.3 Å². The fourth-order valence-corrected chi connectivity index (χ4v) is 3.48. The second-order valence-corrected chi connectivity index (χ2v) is 6.26. The smallest absolute Gasteiger partial charge is 0.160 e. The van der Waals surface area contributed by atoms with Gasteiger partial charge in [0.2, 0.25) is 0 Å². The summed E-state index contributed by atoms with van der Waals surface area (Å²) in [5.41, 5.74) is 8.23. The fourth-order valence-electron chi connectivity index (χ4n) is 3.48. The molecule has 2 fully saturated rings. The molecule has 5 heteroatoms. The number of nitrogens with zero attached hydrogens (tertiary/aromatic N) is 3. The first-order valence-corrected chi connectivity index (χ1v) is 7.92. The van der Waals surface area contributed by atoms with Gasteiger partial charge in [-0.1, -0.05) is 0 Å². The summed E-state index contributed by atoms with van der Waals surface area (Å²) in [5.74, 6) is 0.877. The monoisotopic (exact) mass is 290 g/mol. The lowest BCUT2D eigenvalue weighted by Crippen LogP contribution is -2.46. The number of anilines is 1. The standard InChI is InChI=1S/C16H26N4O/c1-12-9-15(16(21-2)10-18-12)20-8-5-14(11-20)19-6-3-13(17)4-7-19/h9-10,13-14H,3-8,11,17H2,1-2H3. The second kappa shape index (κ2) is 6.20. The van der Waals surface area contributed by atoms with Gasteiger partial charge in [0.05, 0.1) is 19.0 Å². The first-order valence-electron chi connectivity index (χ1n) is 7.92. The molecule has 3 rings (SSSR count). The van der Waals surface area contributed by atoms with Crippen LogP contribution in [0.2, 0.25) is 0 Å². The summed E-state index contributed by atoms with van der Waals surface area (Å²) in [4.78, 5) is 9.38. The maximum atomic E-state index is 6.01. The Hall–Kier alpha value is -1.33. The van der Waals surface area contributed by atoms with Gasteiger partial charge in [-0.2, -0.15) is 0 Å². The van der Waals surface area contributed by atoms with Crippen LogP contribution in [0, 0.1) is 6.92 Å². The van der Waals surface area contributed by atoms with E-state index in [-0.39, 0.29) is 0 Å². The van der Waals surface area contributed by atoms with Crippen LogP contribution in [0.1, 0.15) is 25.0 Å². The topological polar surface area (TPSA) is 54.6 Å². The highest BCUT2D eigenvalue weighted by molar-refractivity contribution is 5.59. The van der Waals surface area contributed by atoms with E-state index in [9.17, 15) is 0 Å². The molecule has 2 aliphatic rings. The zero-order chi connectivity index (χ0) is 14.8. The molecular weight excluding hydrogens is 264 g/mol. The predicted molar refractivity (Wildman–Crippen MR) is 84.9 cm³/mol. The molecule has 0 aliphatic carbocycles. The maximum absolute atomic E-state index is 6.01. The molecule has 0 saturated carbocycles. The van der Waals surface area contributed by atoms with Gasteiger partial charge in [0.1, 0.15) is 0 Å². The number of aryl methyl sites for hydroxylation is 1. The largest absolute Gasteiger partial charge is 0.493 e. The van der Waals surface area contributed by atoms with E-state index in [0.717, 1.165) is 50.5 Å². The van der Waals surface area contributed by atoms with Crippen LogP contribution in [0.15, 0.2) is 12.3 Å². The Balaban J connectivity index is 1.68. The van der Waals surface area contributed by atoms with Gasteiger partial charge in [0.15, 0.2) is 5.75 Å². The van der Waals surface area contributed by atoms with E-state index in [1.165, 1.54) is 12.1 Å². The minimum atomic E-state index is 0.404. The number of pyridine rings is 1. The van der Waals surface area contributed by atoms with Crippen molar-refractivity contribution in [2.45, 2.75) is 38.3 Å². The molecule has 5 nitrogen and oxygen atoms in total. The van der Waals surface area contributed by atoms with E-state index in [1.807, 2.05) is 13.1 Å². The predicted octanol–water partition coefficient (Wildman–Crippen LogP) is 1.40. The van der Waals surface area contributed by atoms with Crippen LogP contribution >= 0.6 is 0 Å². The van der Waals surface area contributed by atoms with Crippen molar-refractivity contribution in [3.63, 3.8) is 0 Å². The Morgan fingerprint density at radius 1 is 1.24 bits per heavy atom. The lowest BCUT2D eigenvalue weighted by molar-refractivity contribution is 0.163. The summed E-state index contributed by atoms with van der Waals surface area (Å²) in [5, 5.41) is 0. The third kappa shape index (κ3) is 3.14. The Morgan fingerprint density at radius 3 is 2.71 bits per heavy atom. The third-order valence-corrected chi connectivity index (χ3v) is 4.80.